The summed E-state index contributed by atoms with van der Waals surface area (Å²) in [6.45, 7) is 1.30. The number of benzene rings is 1. The van der Waals surface area contributed by atoms with Crippen LogP contribution in [0.5, 0.6) is 0 Å². The Hall–Kier alpha value is -3.00. The molecule has 0 saturated carbocycles. The van der Waals surface area contributed by atoms with E-state index in [4.69, 9.17) is 4.42 Å². The molecule has 3 aromatic rings. The van der Waals surface area contributed by atoms with Crippen molar-refractivity contribution in [2.24, 2.45) is 0 Å². The number of carbonyl (C=O) groups excluding carboxylic acids is 2. The Morgan fingerprint density at radius 1 is 1.20 bits per heavy atom. The fourth-order valence-electron chi connectivity index (χ4n) is 3.58. The van der Waals surface area contributed by atoms with Gasteiger partial charge < -0.3 is 14.6 Å². The first-order valence-corrected chi connectivity index (χ1v) is 11.1. The Labute approximate surface area is 179 Å². The summed E-state index contributed by atoms with van der Waals surface area (Å²) >= 11 is 1.56. The number of nitrogens with zero attached hydrogens (tertiary/aromatic N) is 3. The molecule has 3 heterocycles. The maximum Gasteiger partial charge on any atom is 0.248 e. The zero-order valence-corrected chi connectivity index (χ0v) is 17.4. The lowest BCUT2D eigenvalue weighted by Crippen LogP contribution is -2.50. The summed E-state index contributed by atoms with van der Waals surface area (Å²) in [5.41, 5.74) is 1.90. The fraction of sp³-hybridized carbons (Fsp3) is 0.364. The summed E-state index contributed by atoms with van der Waals surface area (Å²) in [6.07, 6.45) is 2.83. The van der Waals surface area contributed by atoms with E-state index in [2.05, 4.69) is 15.5 Å². The molecule has 1 aromatic carbocycles. The molecule has 0 radical (unpaired) electrons. The first-order chi connectivity index (χ1) is 14.7. The van der Waals surface area contributed by atoms with Crippen LogP contribution in [0.1, 0.15) is 30.7 Å². The van der Waals surface area contributed by atoms with Gasteiger partial charge in [-0.25, -0.2) is 0 Å². The minimum atomic E-state index is -0.0624. The normalized spacial score (nSPS) is 16.4. The van der Waals surface area contributed by atoms with Crippen LogP contribution >= 0.6 is 11.3 Å². The summed E-state index contributed by atoms with van der Waals surface area (Å²) in [6, 6.07) is 11.6. The molecule has 7 nitrogen and oxygen atoms in total. The minimum absolute atomic E-state index is 0.0185. The van der Waals surface area contributed by atoms with Crippen molar-refractivity contribution in [3.8, 4) is 11.5 Å². The van der Waals surface area contributed by atoms with Crippen LogP contribution in [0.2, 0.25) is 0 Å². The molecular weight excluding hydrogens is 400 g/mol. The molecule has 2 aromatic heterocycles. The Morgan fingerprint density at radius 2 is 2.07 bits per heavy atom. The third kappa shape index (κ3) is 5.33. The number of piperidine rings is 1. The molecule has 30 heavy (non-hydrogen) atoms. The van der Waals surface area contributed by atoms with Crippen LogP contribution in [-0.4, -0.2) is 46.0 Å². The van der Waals surface area contributed by atoms with E-state index < -0.39 is 0 Å². The highest BCUT2D eigenvalue weighted by atomic mass is 32.1. The van der Waals surface area contributed by atoms with Crippen molar-refractivity contribution in [2.75, 3.05) is 13.1 Å². The molecule has 4 rings (SSSR count). The van der Waals surface area contributed by atoms with E-state index in [0.717, 1.165) is 30.5 Å². The van der Waals surface area contributed by atoms with Gasteiger partial charge in [0.1, 0.15) is 0 Å². The zero-order chi connectivity index (χ0) is 20.8. The van der Waals surface area contributed by atoms with Crippen molar-refractivity contribution in [1.82, 2.24) is 20.4 Å². The number of hydrogen-bond acceptors (Lipinski definition) is 6. The van der Waals surface area contributed by atoms with E-state index in [1.807, 2.05) is 52.1 Å². The van der Waals surface area contributed by atoms with Gasteiger partial charge in [-0.2, -0.15) is 11.3 Å². The molecule has 1 saturated heterocycles. The number of nitrogens with one attached hydrogen (secondary N) is 1. The number of thiophene rings is 1. The van der Waals surface area contributed by atoms with E-state index in [-0.39, 0.29) is 24.3 Å². The maximum absolute atomic E-state index is 12.6. The van der Waals surface area contributed by atoms with E-state index in [1.165, 1.54) is 0 Å². The summed E-state index contributed by atoms with van der Waals surface area (Å²) in [7, 11) is 0. The largest absolute Gasteiger partial charge is 0.421 e. The molecule has 0 bridgehead atoms. The van der Waals surface area contributed by atoms with Crippen molar-refractivity contribution >= 4 is 23.2 Å². The lowest BCUT2D eigenvalue weighted by molar-refractivity contribution is -0.133. The van der Waals surface area contributed by atoms with Gasteiger partial charge in [0.25, 0.3) is 0 Å². The average Bonchev–Trinajstić information content (AvgIpc) is 3.45. The lowest BCUT2D eigenvalue weighted by atomic mass is 10.0. The Bertz CT molecular complexity index is 971. The smallest absolute Gasteiger partial charge is 0.248 e. The van der Waals surface area contributed by atoms with Crippen molar-refractivity contribution in [2.45, 2.75) is 38.1 Å². The Morgan fingerprint density at radius 3 is 2.87 bits per heavy atom. The summed E-state index contributed by atoms with van der Waals surface area (Å²) < 4.78 is 5.63. The van der Waals surface area contributed by atoms with Crippen LogP contribution < -0.4 is 5.32 Å². The monoisotopic (exact) mass is 424 g/mol. The number of aryl methyl sites for hydroxylation is 1. The highest BCUT2D eigenvalue weighted by molar-refractivity contribution is 7.08. The molecule has 1 atom stereocenters. The van der Waals surface area contributed by atoms with Crippen LogP contribution in [0, 0.1) is 0 Å². The van der Waals surface area contributed by atoms with Gasteiger partial charge in [-0.3, -0.25) is 9.59 Å². The van der Waals surface area contributed by atoms with Crippen molar-refractivity contribution in [3.05, 3.63) is 58.6 Å². The molecule has 156 valence electrons. The molecule has 1 aliphatic rings. The molecule has 1 N–H and O–H groups in total. The highest BCUT2D eigenvalue weighted by Crippen LogP contribution is 2.21. The molecule has 0 unspecified atom stereocenters. The van der Waals surface area contributed by atoms with Crippen molar-refractivity contribution < 1.29 is 14.0 Å². The molecular formula is C22H24N4O3S. The van der Waals surface area contributed by atoms with Gasteiger partial charge in [0, 0.05) is 42.9 Å². The molecule has 0 aliphatic carbocycles. The predicted molar refractivity (Wildman–Crippen MR) is 114 cm³/mol. The third-order valence-electron chi connectivity index (χ3n) is 5.14. The van der Waals surface area contributed by atoms with Gasteiger partial charge in [-0.15, -0.1) is 10.2 Å². The predicted octanol–water partition coefficient (Wildman–Crippen LogP) is 3.08. The Kier molecular flexibility index (Phi) is 6.53. The molecule has 2 amide bonds. The van der Waals surface area contributed by atoms with Crippen LogP contribution in [0.25, 0.3) is 11.5 Å². The zero-order valence-electron chi connectivity index (χ0n) is 16.6. The number of carbonyl (C=O) groups is 2. The first-order valence-electron chi connectivity index (χ1n) is 10.1. The molecule has 1 aliphatic heterocycles. The first kappa shape index (κ1) is 20.3. The van der Waals surface area contributed by atoms with Gasteiger partial charge in [0.15, 0.2) is 0 Å². The third-order valence-corrected chi connectivity index (χ3v) is 5.82. The second kappa shape index (κ2) is 9.67. The summed E-state index contributed by atoms with van der Waals surface area (Å²) in [5, 5.41) is 15.0. The van der Waals surface area contributed by atoms with Crippen LogP contribution in [0.15, 0.2) is 51.6 Å². The van der Waals surface area contributed by atoms with Crippen LogP contribution in [0.3, 0.4) is 0 Å². The number of likely N-dealkylation sites (tertiary alicyclic amines) is 1. The van der Waals surface area contributed by atoms with Crippen LogP contribution in [-0.2, 0) is 22.4 Å². The quantitative estimate of drug-likeness (QED) is 0.630. The molecule has 1 fully saturated rings. The maximum atomic E-state index is 12.6. The van der Waals surface area contributed by atoms with Gasteiger partial charge in [0.2, 0.25) is 23.6 Å². The van der Waals surface area contributed by atoms with Gasteiger partial charge in [-0.05, 0) is 29.9 Å². The summed E-state index contributed by atoms with van der Waals surface area (Å²) in [5.74, 6) is 0.973. The van der Waals surface area contributed by atoms with E-state index in [0.29, 0.717) is 31.2 Å². The van der Waals surface area contributed by atoms with Crippen molar-refractivity contribution in [3.63, 3.8) is 0 Å². The van der Waals surface area contributed by atoms with E-state index in [9.17, 15) is 9.59 Å². The number of amides is 2. The van der Waals surface area contributed by atoms with Gasteiger partial charge >= 0.3 is 0 Å². The van der Waals surface area contributed by atoms with E-state index in [1.54, 1.807) is 11.3 Å². The minimum Gasteiger partial charge on any atom is -0.421 e. The molecule has 8 heteroatoms. The Balaban J connectivity index is 1.23. The standard InChI is InChI=1S/C22H24N4O3S/c27-19(8-9-20-24-25-22(29-20)17-10-12-30-15-17)23-18-7-4-11-26(14-18)21(28)13-16-5-2-1-3-6-16/h1-3,5-6,10,12,15,18H,4,7-9,11,13-14H2,(H,23,27)/t18-/m0/s1. The highest BCUT2D eigenvalue weighted by Gasteiger charge is 2.25. The van der Waals surface area contributed by atoms with Gasteiger partial charge in [0.05, 0.1) is 6.42 Å². The molecule has 0 spiro atoms. The van der Waals surface area contributed by atoms with Gasteiger partial charge in [-0.1, -0.05) is 30.3 Å². The number of hydrogen-bond donors (Lipinski definition) is 1. The fourth-order valence-corrected chi connectivity index (χ4v) is 4.21. The SMILES string of the molecule is O=C(CCc1nnc(-c2ccsc2)o1)N[C@H]1CCCN(C(=O)Cc2ccccc2)C1. The van der Waals surface area contributed by atoms with E-state index >= 15 is 0 Å². The topological polar surface area (TPSA) is 88.3 Å². The van der Waals surface area contributed by atoms with Crippen molar-refractivity contribution in [1.29, 1.82) is 0 Å². The van der Waals surface area contributed by atoms with Crippen LogP contribution in [0.4, 0.5) is 0 Å². The number of rotatable bonds is 7. The second-order valence-corrected chi connectivity index (χ2v) is 8.20. The second-order valence-electron chi connectivity index (χ2n) is 7.42. The lowest BCUT2D eigenvalue weighted by Gasteiger charge is -2.33. The summed E-state index contributed by atoms with van der Waals surface area (Å²) in [4.78, 5) is 26.8. The average molecular weight is 425 g/mol. The number of aromatic nitrogens is 2.